The van der Waals surface area contributed by atoms with E-state index in [2.05, 4.69) is 36.7 Å². The van der Waals surface area contributed by atoms with Crippen LogP contribution in [0.15, 0.2) is 60.9 Å². The highest BCUT2D eigenvalue weighted by atomic mass is 19.4. The molecule has 0 fully saturated rings. The van der Waals surface area contributed by atoms with E-state index in [4.69, 9.17) is 29.7 Å². The summed E-state index contributed by atoms with van der Waals surface area (Å²) < 4.78 is 95.2. The highest BCUT2D eigenvalue weighted by molar-refractivity contribution is 5.94. The van der Waals surface area contributed by atoms with E-state index in [1.54, 1.807) is 6.20 Å². The molecular weight excluding hydrogens is 703 g/mol. The number of carboxylic acids is 3. The number of H-pyrrole nitrogens is 1. The molecule has 0 unspecified atom stereocenters. The van der Waals surface area contributed by atoms with Gasteiger partial charge in [0.1, 0.15) is 0 Å². The van der Waals surface area contributed by atoms with Gasteiger partial charge in [-0.2, -0.15) is 44.6 Å². The van der Waals surface area contributed by atoms with Crippen molar-refractivity contribution in [2.75, 3.05) is 44.4 Å². The van der Waals surface area contributed by atoms with Crippen LogP contribution in [-0.2, 0) is 20.9 Å². The molecule has 50 heavy (non-hydrogen) atoms. The van der Waals surface area contributed by atoms with Crippen LogP contribution in [0, 0.1) is 0 Å². The van der Waals surface area contributed by atoms with Crippen LogP contribution in [-0.4, -0.2) is 107 Å². The van der Waals surface area contributed by atoms with Crippen LogP contribution >= 0.6 is 0 Å². The van der Waals surface area contributed by atoms with Crippen LogP contribution in [0.5, 0.6) is 0 Å². The quantitative estimate of drug-likeness (QED) is 0.166. The molecule has 1 aromatic heterocycles. The zero-order valence-corrected chi connectivity index (χ0v) is 26.1. The molecule has 0 bridgehead atoms. The molecule has 1 heterocycles. The Morgan fingerprint density at radius 2 is 1.22 bits per heavy atom. The lowest BCUT2D eigenvalue weighted by atomic mass is 10.1. The number of anilines is 2. The summed E-state index contributed by atoms with van der Waals surface area (Å²) in [6.45, 7) is 2.22. The maximum atomic E-state index is 12.5. The van der Waals surface area contributed by atoms with Gasteiger partial charge in [0.15, 0.2) is 0 Å². The maximum absolute atomic E-state index is 12.5. The first-order chi connectivity index (χ1) is 22.9. The second-order valence-electron chi connectivity index (χ2n) is 9.65. The van der Waals surface area contributed by atoms with Crippen LogP contribution in [0.25, 0.3) is 11.1 Å². The lowest BCUT2D eigenvalue weighted by Gasteiger charge is -2.25. The molecule has 0 atom stereocenters. The number of aromatic nitrogens is 2. The first-order valence-electron chi connectivity index (χ1n) is 13.3. The van der Waals surface area contributed by atoms with Gasteiger partial charge in [0.2, 0.25) is 0 Å². The summed E-state index contributed by atoms with van der Waals surface area (Å²) in [5, 5.41) is 34.2. The summed E-state index contributed by atoms with van der Waals surface area (Å²) in [7, 11) is 6.13. The average Bonchev–Trinajstić information content (AvgIpc) is 3.54. The molecule has 0 aliphatic rings. The molecule has 2 aromatic carbocycles. The number of aromatic amines is 1. The van der Waals surface area contributed by atoms with E-state index in [1.165, 1.54) is 0 Å². The number of alkyl halides is 9. The predicted octanol–water partition coefficient (Wildman–Crippen LogP) is 5.30. The lowest BCUT2D eigenvalue weighted by molar-refractivity contribution is -0.193. The number of likely N-dealkylation sites (N-methyl/N-ethyl adjacent to an activating group) is 2. The Morgan fingerprint density at radius 1 is 0.740 bits per heavy atom. The van der Waals surface area contributed by atoms with Crippen molar-refractivity contribution in [1.29, 1.82) is 0 Å². The van der Waals surface area contributed by atoms with E-state index in [9.17, 15) is 44.3 Å². The van der Waals surface area contributed by atoms with Crippen molar-refractivity contribution in [3.63, 3.8) is 0 Å². The molecular formula is C28H31F9N6O7. The van der Waals surface area contributed by atoms with Gasteiger partial charge in [0.25, 0.3) is 0 Å². The smallest absolute Gasteiger partial charge is 0.475 e. The van der Waals surface area contributed by atoms with Crippen molar-refractivity contribution < 1.29 is 74.0 Å². The van der Waals surface area contributed by atoms with Crippen molar-refractivity contribution >= 4 is 35.3 Å². The first-order valence-corrected chi connectivity index (χ1v) is 13.3. The number of hydrogen-bond acceptors (Lipinski definition) is 7. The molecule has 0 aliphatic heterocycles. The van der Waals surface area contributed by atoms with Crippen LogP contribution in [0.1, 0.15) is 5.56 Å². The minimum atomic E-state index is -5.08. The minimum absolute atomic E-state index is 0.229. The second kappa shape index (κ2) is 20.1. The third-order valence-corrected chi connectivity index (χ3v) is 5.39. The van der Waals surface area contributed by atoms with Crippen LogP contribution < -0.4 is 15.5 Å². The van der Waals surface area contributed by atoms with Gasteiger partial charge >= 0.3 is 42.5 Å². The fourth-order valence-electron chi connectivity index (χ4n) is 2.96. The van der Waals surface area contributed by atoms with E-state index in [-0.39, 0.29) is 6.03 Å². The zero-order chi connectivity index (χ0) is 38.9. The number of aliphatic carboxylic acids is 3. The fraction of sp³-hybridized carbons (Fsp3) is 0.321. The van der Waals surface area contributed by atoms with E-state index in [0.29, 0.717) is 6.54 Å². The molecule has 13 nitrogen and oxygen atoms in total. The zero-order valence-electron chi connectivity index (χ0n) is 26.1. The number of halogens is 9. The molecule has 6 N–H and O–H groups in total. The standard InChI is InChI=1S/C22H28N6O.3C2HF3O2/c1-27(2)11-12-28(3)21-13-18(19-15-24-25-16-19)9-10-20(21)26-22(29)23-14-17-7-5-4-6-8-17;3*3-2(4,5)1(6)7/h4-10,13,15-16H,11-12,14H2,1-3H3,(H,24,25)(H2,23,26,29);3*(H,6,7). The van der Waals surface area contributed by atoms with Gasteiger partial charge in [-0.1, -0.05) is 36.4 Å². The Hall–Kier alpha value is -5.54. The van der Waals surface area contributed by atoms with E-state index >= 15 is 0 Å². The van der Waals surface area contributed by atoms with E-state index < -0.39 is 36.4 Å². The van der Waals surface area contributed by atoms with Crippen molar-refractivity contribution in [3.05, 3.63) is 66.5 Å². The van der Waals surface area contributed by atoms with E-state index in [1.807, 2.05) is 69.8 Å². The highest BCUT2D eigenvalue weighted by Gasteiger charge is 2.39. The number of benzene rings is 2. The molecule has 3 rings (SSSR count). The maximum Gasteiger partial charge on any atom is 0.490 e. The molecule has 278 valence electrons. The monoisotopic (exact) mass is 734 g/mol. The van der Waals surface area contributed by atoms with Crippen molar-refractivity contribution in [2.24, 2.45) is 0 Å². The number of urea groups is 1. The molecule has 0 aliphatic carbocycles. The van der Waals surface area contributed by atoms with Gasteiger partial charge in [-0.25, -0.2) is 19.2 Å². The van der Waals surface area contributed by atoms with Gasteiger partial charge in [-0.05, 0) is 37.4 Å². The second-order valence-corrected chi connectivity index (χ2v) is 9.65. The number of amides is 2. The summed E-state index contributed by atoms with van der Waals surface area (Å²) in [6.07, 6.45) is -11.6. The van der Waals surface area contributed by atoms with Crippen molar-refractivity contribution in [3.8, 4) is 11.1 Å². The molecule has 22 heteroatoms. The Kier molecular flexibility index (Phi) is 17.9. The number of rotatable bonds is 8. The first kappa shape index (κ1) is 44.5. The SMILES string of the molecule is CN(C)CCN(C)c1cc(-c2cn[nH]c2)ccc1NC(=O)NCc1ccccc1.O=C(O)C(F)(F)F.O=C(O)C(F)(F)F.O=C(O)C(F)(F)F. The number of nitrogens with one attached hydrogen (secondary N) is 3. The van der Waals surface area contributed by atoms with E-state index in [0.717, 1.165) is 41.2 Å². The molecule has 0 radical (unpaired) electrons. The van der Waals surface area contributed by atoms with Crippen molar-refractivity contribution in [1.82, 2.24) is 20.4 Å². The topological polar surface area (TPSA) is 188 Å². The summed E-state index contributed by atoms with van der Waals surface area (Å²) in [5.41, 5.74) is 4.83. The van der Waals surface area contributed by atoms with Crippen LogP contribution in [0.4, 0.5) is 55.7 Å². The summed E-state index contributed by atoms with van der Waals surface area (Å²) in [6, 6.07) is 15.6. The van der Waals surface area contributed by atoms with Gasteiger partial charge in [-0.15, -0.1) is 0 Å². The highest BCUT2D eigenvalue weighted by Crippen LogP contribution is 2.31. The number of carbonyl (C=O) groups is 4. The van der Waals surface area contributed by atoms with Crippen LogP contribution in [0.2, 0.25) is 0 Å². The van der Waals surface area contributed by atoms with Crippen molar-refractivity contribution in [2.45, 2.75) is 25.1 Å². The largest absolute Gasteiger partial charge is 0.490 e. The molecule has 0 saturated heterocycles. The Balaban J connectivity index is 0.000000928. The number of hydrogen-bond donors (Lipinski definition) is 6. The number of carbonyl (C=O) groups excluding carboxylic acids is 1. The summed E-state index contributed by atoms with van der Waals surface area (Å²) >= 11 is 0. The Bertz CT molecular complexity index is 1440. The van der Waals surface area contributed by atoms with Gasteiger partial charge in [0, 0.05) is 38.4 Å². The van der Waals surface area contributed by atoms with Gasteiger partial charge in [0.05, 0.1) is 17.6 Å². The molecule has 0 spiro atoms. The molecule has 3 aromatic rings. The number of carboxylic acid groups (broad SMARTS) is 3. The predicted molar refractivity (Wildman–Crippen MR) is 159 cm³/mol. The molecule has 0 saturated carbocycles. The molecule has 2 amide bonds. The third-order valence-electron chi connectivity index (χ3n) is 5.39. The lowest BCUT2D eigenvalue weighted by Crippen LogP contribution is -2.31. The Morgan fingerprint density at radius 3 is 1.62 bits per heavy atom. The van der Waals surface area contributed by atoms with Crippen LogP contribution in [0.3, 0.4) is 0 Å². The van der Waals surface area contributed by atoms with Gasteiger partial charge < -0.3 is 35.8 Å². The minimum Gasteiger partial charge on any atom is -0.475 e. The summed E-state index contributed by atoms with van der Waals surface area (Å²) in [5.74, 6) is -8.27. The van der Waals surface area contributed by atoms with Gasteiger partial charge in [-0.3, -0.25) is 5.10 Å². The number of nitrogens with zero attached hydrogens (tertiary/aromatic N) is 3. The normalized spacial score (nSPS) is 11.0. The summed E-state index contributed by atoms with van der Waals surface area (Å²) in [4.78, 5) is 43.4. The fourth-order valence-corrected chi connectivity index (χ4v) is 2.96. The average molecular weight is 735 g/mol. The Labute approximate surface area is 277 Å². The third kappa shape index (κ3) is 18.7.